The summed E-state index contributed by atoms with van der Waals surface area (Å²) in [5.74, 6) is 0.394. The van der Waals surface area contributed by atoms with Crippen LogP contribution in [0.25, 0.3) is 0 Å². The van der Waals surface area contributed by atoms with Crippen molar-refractivity contribution in [1.29, 1.82) is 0 Å². The van der Waals surface area contributed by atoms with E-state index < -0.39 is 18.0 Å². The number of hydrogen-bond acceptors (Lipinski definition) is 7. The van der Waals surface area contributed by atoms with Crippen molar-refractivity contribution in [1.82, 2.24) is 9.97 Å². The van der Waals surface area contributed by atoms with E-state index in [0.717, 1.165) is 31.4 Å². The van der Waals surface area contributed by atoms with Gasteiger partial charge in [0.15, 0.2) is 6.29 Å². The summed E-state index contributed by atoms with van der Waals surface area (Å²) >= 11 is 0. The van der Waals surface area contributed by atoms with Gasteiger partial charge in [0.2, 0.25) is 0 Å². The maximum atomic E-state index is 12.8. The number of rotatable bonds is 6. The number of aliphatic hydroxyl groups excluding tert-OH is 1. The first-order valence-electron chi connectivity index (χ1n) is 9.54. The van der Waals surface area contributed by atoms with E-state index in [1.54, 1.807) is 6.92 Å². The fourth-order valence-corrected chi connectivity index (χ4v) is 3.42. The van der Waals surface area contributed by atoms with Gasteiger partial charge >= 0.3 is 12.2 Å². The van der Waals surface area contributed by atoms with Crippen LogP contribution in [-0.4, -0.2) is 39.9 Å². The van der Waals surface area contributed by atoms with E-state index in [-0.39, 0.29) is 23.9 Å². The zero-order chi connectivity index (χ0) is 21.9. The summed E-state index contributed by atoms with van der Waals surface area (Å²) in [7, 11) is 1.38. The molecule has 1 aliphatic heterocycles. The second kappa shape index (κ2) is 9.15. The van der Waals surface area contributed by atoms with Crippen LogP contribution in [0.3, 0.4) is 0 Å². The molecule has 3 rings (SSSR count). The monoisotopic (exact) mass is 427 g/mol. The molecule has 0 bridgehead atoms. The SMILES string of the molecule is COc1nc(NC[C@H]2CCC[C@@H](c3ccc(C(F)(F)F)cc3)O2)c(C)c(C(O)O)n1. The van der Waals surface area contributed by atoms with Crippen molar-refractivity contribution in [3.8, 4) is 6.01 Å². The highest BCUT2D eigenvalue weighted by molar-refractivity contribution is 5.47. The highest BCUT2D eigenvalue weighted by Gasteiger charge is 2.31. The zero-order valence-electron chi connectivity index (χ0n) is 16.6. The van der Waals surface area contributed by atoms with Crippen molar-refractivity contribution in [2.75, 3.05) is 19.0 Å². The van der Waals surface area contributed by atoms with Gasteiger partial charge in [-0.1, -0.05) is 12.1 Å². The minimum atomic E-state index is -4.37. The largest absolute Gasteiger partial charge is 0.467 e. The molecule has 0 radical (unpaired) electrons. The number of aliphatic hydroxyl groups is 2. The highest BCUT2D eigenvalue weighted by atomic mass is 19.4. The highest BCUT2D eigenvalue weighted by Crippen LogP contribution is 2.34. The molecule has 0 spiro atoms. The molecular weight excluding hydrogens is 403 g/mol. The van der Waals surface area contributed by atoms with Gasteiger partial charge in [0.1, 0.15) is 11.5 Å². The normalized spacial score (nSPS) is 19.7. The van der Waals surface area contributed by atoms with Crippen molar-refractivity contribution in [2.45, 2.75) is 50.9 Å². The lowest BCUT2D eigenvalue weighted by molar-refractivity contribution is -0.137. The second-order valence-electron chi connectivity index (χ2n) is 7.12. The molecule has 7 nitrogen and oxygen atoms in total. The molecule has 0 saturated carbocycles. The number of aromatic nitrogens is 2. The Morgan fingerprint density at radius 3 is 2.50 bits per heavy atom. The van der Waals surface area contributed by atoms with Crippen molar-refractivity contribution in [3.05, 3.63) is 46.6 Å². The second-order valence-corrected chi connectivity index (χ2v) is 7.12. The summed E-state index contributed by atoms with van der Waals surface area (Å²) in [4.78, 5) is 8.14. The van der Waals surface area contributed by atoms with E-state index in [1.165, 1.54) is 19.2 Å². The zero-order valence-corrected chi connectivity index (χ0v) is 16.6. The molecule has 0 aliphatic carbocycles. The van der Waals surface area contributed by atoms with Gasteiger partial charge in [-0.05, 0) is 43.9 Å². The minimum absolute atomic E-state index is 0.00149. The predicted octanol–water partition coefficient (Wildman–Crippen LogP) is 3.52. The summed E-state index contributed by atoms with van der Waals surface area (Å²) in [6.45, 7) is 2.04. The average Bonchev–Trinajstić information content (AvgIpc) is 2.72. The molecule has 2 heterocycles. The number of alkyl halides is 3. The Morgan fingerprint density at radius 2 is 1.90 bits per heavy atom. The fraction of sp³-hybridized carbons (Fsp3) is 0.500. The van der Waals surface area contributed by atoms with Crippen LogP contribution < -0.4 is 10.1 Å². The number of benzene rings is 1. The van der Waals surface area contributed by atoms with Crippen LogP contribution in [0.2, 0.25) is 0 Å². The third kappa shape index (κ3) is 5.18. The van der Waals surface area contributed by atoms with E-state index in [0.29, 0.717) is 23.5 Å². The molecule has 2 atom stereocenters. The van der Waals surface area contributed by atoms with Gasteiger partial charge in [0.05, 0.1) is 24.9 Å². The molecule has 1 aliphatic rings. The third-order valence-electron chi connectivity index (χ3n) is 5.05. The number of nitrogens with one attached hydrogen (secondary N) is 1. The van der Waals surface area contributed by atoms with Crippen LogP contribution in [0.4, 0.5) is 19.0 Å². The predicted molar refractivity (Wildman–Crippen MR) is 102 cm³/mol. The van der Waals surface area contributed by atoms with Gasteiger partial charge in [-0.25, -0.2) is 0 Å². The molecule has 2 aromatic rings. The molecule has 10 heteroatoms. The first kappa shape index (κ1) is 22.3. The molecule has 3 N–H and O–H groups in total. The Balaban J connectivity index is 1.67. The number of hydrogen-bond donors (Lipinski definition) is 3. The number of anilines is 1. The number of ether oxygens (including phenoxy) is 2. The van der Waals surface area contributed by atoms with Crippen LogP contribution in [0, 0.1) is 6.92 Å². The third-order valence-corrected chi connectivity index (χ3v) is 5.05. The molecular formula is C20H24F3N3O4. The smallest absolute Gasteiger partial charge is 0.416 e. The maximum Gasteiger partial charge on any atom is 0.416 e. The Labute approximate surface area is 171 Å². The lowest BCUT2D eigenvalue weighted by Crippen LogP contribution is -2.29. The van der Waals surface area contributed by atoms with Crippen LogP contribution in [0.1, 0.15) is 54.0 Å². The number of methoxy groups -OCH3 is 1. The van der Waals surface area contributed by atoms with Crippen LogP contribution in [-0.2, 0) is 10.9 Å². The van der Waals surface area contributed by atoms with Gasteiger partial charge in [0.25, 0.3) is 0 Å². The van der Waals surface area contributed by atoms with Crippen molar-refractivity contribution in [3.63, 3.8) is 0 Å². The number of halogens is 3. The Morgan fingerprint density at radius 1 is 1.20 bits per heavy atom. The lowest BCUT2D eigenvalue weighted by atomic mass is 9.97. The molecule has 0 amide bonds. The van der Waals surface area contributed by atoms with Crippen molar-refractivity contribution in [2.24, 2.45) is 0 Å². The Hall–Kier alpha value is -2.43. The van der Waals surface area contributed by atoms with E-state index >= 15 is 0 Å². The number of nitrogens with zero attached hydrogens (tertiary/aromatic N) is 2. The van der Waals surface area contributed by atoms with E-state index in [4.69, 9.17) is 9.47 Å². The Kier molecular flexibility index (Phi) is 6.79. The summed E-state index contributed by atoms with van der Waals surface area (Å²) in [6.07, 6.45) is -4.24. The van der Waals surface area contributed by atoms with Crippen LogP contribution >= 0.6 is 0 Å². The van der Waals surface area contributed by atoms with E-state index in [2.05, 4.69) is 15.3 Å². The van der Waals surface area contributed by atoms with Crippen LogP contribution in [0.15, 0.2) is 24.3 Å². The van der Waals surface area contributed by atoms with Crippen molar-refractivity contribution < 1.29 is 32.9 Å². The van der Waals surface area contributed by atoms with Gasteiger partial charge in [-0.3, -0.25) is 0 Å². The van der Waals surface area contributed by atoms with Gasteiger partial charge in [-0.15, -0.1) is 0 Å². The minimum Gasteiger partial charge on any atom is -0.467 e. The molecule has 30 heavy (non-hydrogen) atoms. The van der Waals surface area contributed by atoms with Crippen molar-refractivity contribution >= 4 is 5.82 Å². The van der Waals surface area contributed by atoms with E-state index in [1.807, 2.05) is 0 Å². The molecule has 1 aromatic carbocycles. The molecule has 1 fully saturated rings. The quantitative estimate of drug-likeness (QED) is 0.607. The molecule has 1 aromatic heterocycles. The molecule has 164 valence electrons. The molecule has 0 unspecified atom stereocenters. The average molecular weight is 427 g/mol. The fourth-order valence-electron chi connectivity index (χ4n) is 3.42. The van der Waals surface area contributed by atoms with Gasteiger partial charge in [-0.2, -0.15) is 23.1 Å². The van der Waals surface area contributed by atoms with Crippen LogP contribution in [0.5, 0.6) is 6.01 Å². The summed E-state index contributed by atoms with van der Waals surface area (Å²) in [5.41, 5.74) is 0.533. The van der Waals surface area contributed by atoms with Gasteiger partial charge < -0.3 is 25.0 Å². The lowest BCUT2D eigenvalue weighted by Gasteiger charge is -2.31. The first-order chi connectivity index (χ1) is 14.2. The maximum absolute atomic E-state index is 12.8. The summed E-state index contributed by atoms with van der Waals surface area (Å²) in [5, 5.41) is 22.1. The van der Waals surface area contributed by atoms with E-state index in [9.17, 15) is 23.4 Å². The topological polar surface area (TPSA) is 96.7 Å². The summed E-state index contributed by atoms with van der Waals surface area (Å²) in [6, 6.07) is 5.05. The van der Waals surface area contributed by atoms with Gasteiger partial charge in [0, 0.05) is 12.1 Å². The summed E-state index contributed by atoms with van der Waals surface area (Å²) < 4.78 is 49.4. The first-order valence-corrected chi connectivity index (χ1v) is 9.54. The standard InChI is InChI=1S/C20H24F3N3O4/c1-11-16(18(27)28)25-19(29-2)26-17(11)24-10-14-4-3-5-15(30-14)12-6-8-13(9-7-12)20(21,22)23/h6-9,14-15,18,27-28H,3-5,10H2,1-2H3,(H,24,25,26)/t14-,15+/m1/s1. The molecule has 1 saturated heterocycles. The Bertz CT molecular complexity index is 860.